The molecule has 1 aliphatic rings. The van der Waals surface area contributed by atoms with Gasteiger partial charge in [-0.15, -0.1) is 0 Å². The Kier molecular flexibility index (Phi) is 4.06. The maximum Gasteiger partial charge on any atom is 0.330 e. The second-order valence-electron chi connectivity index (χ2n) is 4.07. The minimum Gasteiger partial charge on any atom is -0.354 e. The molecule has 0 amide bonds. The van der Waals surface area contributed by atoms with Crippen LogP contribution in [0, 0.1) is 0 Å². The Morgan fingerprint density at radius 1 is 1.45 bits per heavy atom. The summed E-state index contributed by atoms with van der Waals surface area (Å²) in [4.78, 5) is 30.1. The van der Waals surface area contributed by atoms with Gasteiger partial charge in [0.15, 0.2) is 0 Å². The molecule has 11 heteroatoms. The number of azide groups is 2. The Labute approximate surface area is 111 Å². The fraction of sp³-hybridized carbons (Fsp3) is 0.556. The van der Waals surface area contributed by atoms with E-state index in [1.54, 1.807) is 0 Å². The van der Waals surface area contributed by atoms with Crippen LogP contribution in [0.4, 0.5) is 0 Å². The number of ether oxygens (including phenoxy) is 1. The van der Waals surface area contributed by atoms with Crippen LogP contribution in [0.2, 0.25) is 0 Å². The van der Waals surface area contributed by atoms with Crippen molar-refractivity contribution in [2.45, 2.75) is 24.8 Å². The summed E-state index contributed by atoms with van der Waals surface area (Å²) >= 11 is 0. The average molecular weight is 278 g/mol. The zero-order valence-corrected chi connectivity index (χ0v) is 10.2. The molecule has 0 unspecified atom stereocenters. The first-order chi connectivity index (χ1) is 9.65. The summed E-state index contributed by atoms with van der Waals surface area (Å²) in [6, 6.07) is 0.642. The second-order valence-corrected chi connectivity index (χ2v) is 4.07. The number of hydrogen-bond acceptors (Lipinski definition) is 5. The molecule has 2 rings (SSSR count). The third-order valence-electron chi connectivity index (χ3n) is 2.89. The zero-order chi connectivity index (χ0) is 14.5. The topological polar surface area (TPSA) is 162 Å². The fourth-order valence-corrected chi connectivity index (χ4v) is 2.01. The quantitative estimate of drug-likeness (QED) is 0.490. The fourth-order valence-electron chi connectivity index (χ4n) is 2.01. The van der Waals surface area contributed by atoms with Gasteiger partial charge in [0.05, 0.1) is 18.7 Å². The van der Waals surface area contributed by atoms with E-state index in [1.165, 1.54) is 16.8 Å². The summed E-state index contributed by atoms with van der Waals surface area (Å²) in [6.07, 6.45) is 0.260. The summed E-state index contributed by atoms with van der Waals surface area (Å²) in [5, 5.41) is 6.94. The number of aromatic nitrogens is 2. The van der Waals surface area contributed by atoms with E-state index in [0.29, 0.717) is 0 Å². The minimum atomic E-state index is -0.686. The molecule has 0 bridgehead atoms. The molecule has 0 radical (unpaired) electrons. The van der Waals surface area contributed by atoms with Crippen LogP contribution in [-0.4, -0.2) is 28.2 Å². The van der Waals surface area contributed by atoms with Gasteiger partial charge >= 0.3 is 5.69 Å². The summed E-state index contributed by atoms with van der Waals surface area (Å²) in [7, 11) is 0. The lowest BCUT2D eigenvalue weighted by Crippen LogP contribution is -2.31. The number of aromatic amines is 1. The molecule has 2 heterocycles. The number of hydrogen-bond donors (Lipinski definition) is 1. The van der Waals surface area contributed by atoms with E-state index in [-0.39, 0.29) is 13.0 Å². The van der Waals surface area contributed by atoms with Crippen LogP contribution >= 0.6 is 0 Å². The highest BCUT2D eigenvalue weighted by molar-refractivity contribution is 4.92. The average Bonchev–Trinajstić information content (AvgIpc) is 2.80. The van der Waals surface area contributed by atoms with Crippen molar-refractivity contribution in [3.05, 3.63) is 54.0 Å². The predicted octanol–water partition coefficient (Wildman–Crippen LogP) is 0.813. The molecule has 1 saturated heterocycles. The highest BCUT2D eigenvalue weighted by Gasteiger charge is 2.35. The number of nitrogens with zero attached hydrogens (tertiary/aromatic N) is 7. The molecule has 0 aliphatic carbocycles. The van der Waals surface area contributed by atoms with Gasteiger partial charge in [0, 0.05) is 28.5 Å². The molecule has 0 spiro atoms. The first-order valence-electron chi connectivity index (χ1n) is 5.67. The molecule has 0 saturated carbocycles. The van der Waals surface area contributed by atoms with Gasteiger partial charge in [0.1, 0.15) is 6.23 Å². The van der Waals surface area contributed by atoms with Crippen LogP contribution < -0.4 is 11.2 Å². The first-order valence-corrected chi connectivity index (χ1v) is 5.67. The zero-order valence-electron chi connectivity index (χ0n) is 10.2. The van der Waals surface area contributed by atoms with Gasteiger partial charge in [-0.25, -0.2) is 4.79 Å². The van der Waals surface area contributed by atoms with E-state index in [2.05, 4.69) is 25.0 Å². The number of nitrogens with one attached hydrogen (secondary N) is 1. The predicted molar refractivity (Wildman–Crippen MR) is 66.8 cm³/mol. The smallest absolute Gasteiger partial charge is 0.330 e. The van der Waals surface area contributed by atoms with Crippen LogP contribution in [0.5, 0.6) is 0 Å². The Hall–Kier alpha value is -2.74. The normalized spacial score (nSPS) is 24.7. The van der Waals surface area contributed by atoms with Gasteiger partial charge < -0.3 is 4.74 Å². The van der Waals surface area contributed by atoms with Gasteiger partial charge in [-0.05, 0) is 11.1 Å². The van der Waals surface area contributed by atoms with Gasteiger partial charge in [-0.1, -0.05) is 10.2 Å². The first kappa shape index (κ1) is 13.7. The van der Waals surface area contributed by atoms with E-state index >= 15 is 0 Å². The summed E-state index contributed by atoms with van der Waals surface area (Å²) in [5.74, 6) is 0. The Morgan fingerprint density at radius 2 is 2.25 bits per heavy atom. The third kappa shape index (κ3) is 2.81. The Balaban J connectivity index is 2.26. The molecular formula is C9H10N8O3. The SMILES string of the molecule is [N-]=[N+]=NC[C@H]1O[C@@H](n2ccc(=O)[nH]c2=O)C[C@@H]1N=[N+]=[N-]. The van der Waals surface area contributed by atoms with Gasteiger partial charge in [-0.3, -0.25) is 14.3 Å². The highest BCUT2D eigenvalue weighted by Crippen LogP contribution is 2.30. The molecule has 11 nitrogen and oxygen atoms in total. The molecule has 1 aliphatic heterocycles. The molecule has 1 aromatic rings. The van der Waals surface area contributed by atoms with Crippen LogP contribution in [0.3, 0.4) is 0 Å². The Bertz CT molecular complexity index is 696. The van der Waals surface area contributed by atoms with Crippen molar-refractivity contribution in [1.82, 2.24) is 9.55 Å². The van der Waals surface area contributed by atoms with E-state index in [1.807, 2.05) is 0 Å². The van der Waals surface area contributed by atoms with Crippen molar-refractivity contribution in [3.8, 4) is 0 Å². The summed E-state index contributed by atoms with van der Waals surface area (Å²) in [6.45, 7) is -0.00517. The molecule has 0 aromatic carbocycles. The second kappa shape index (κ2) is 5.93. The maximum absolute atomic E-state index is 11.7. The van der Waals surface area contributed by atoms with Crippen molar-refractivity contribution in [1.29, 1.82) is 0 Å². The van der Waals surface area contributed by atoms with E-state index in [4.69, 9.17) is 15.8 Å². The maximum atomic E-state index is 11.7. The minimum absolute atomic E-state index is 0.00517. The van der Waals surface area contributed by atoms with Crippen LogP contribution in [0.25, 0.3) is 20.9 Å². The monoisotopic (exact) mass is 278 g/mol. The molecule has 20 heavy (non-hydrogen) atoms. The van der Waals surface area contributed by atoms with Crippen molar-refractivity contribution in [2.75, 3.05) is 6.54 Å². The van der Waals surface area contributed by atoms with Crippen molar-refractivity contribution in [2.24, 2.45) is 10.2 Å². The standard InChI is InChI=1S/C9H10N8O3/c10-15-12-4-6-5(14-16-11)3-8(20-6)17-2-1-7(18)13-9(17)19/h1-2,5-6,8H,3-4H2,(H,13,18,19)/t5-,6+,8+/m0/s1. The van der Waals surface area contributed by atoms with Gasteiger partial charge in [0.25, 0.3) is 5.56 Å². The lowest BCUT2D eigenvalue weighted by molar-refractivity contribution is 0.00175. The van der Waals surface area contributed by atoms with Crippen LogP contribution in [-0.2, 0) is 4.74 Å². The molecule has 3 atom stereocenters. The van der Waals surface area contributed by atoms with Gasteiger partial charge in [0.2, 0.25) is 0 Å². The number of rotatable bonds is 4. The summed E-state index contributed by atoms with van der Waals surface area (Å²) in [5.41, 5.74) is 15.7. The van der Waals surface area contributed by atoms with E-state index in [0.717, 1.165) is 0 Å². The van der Waals surface area contributed by atoms with Crippen LogP contribution in [0.15, 0.2) is 32.1 Å². The van der Waals surface area contributed by atoms with Crippen molar-refractivity contribution < 1.29 is 4.74 Å². The van der Waals surface area contributed by atoms with E-state index < -0.39 is 29.6 Å². The molecule has 1 aromatic heterocycles. The Morgan fingerprint density at radius 3 is 2.90 bits per heavy atom. The molecule has 104 valence electrons. The van der Waals surface area contributed by atoms with Crippen LogP contribution in [0.1, 0.15) is 12.6 Å². The number of H-pyrrole nitrogens is 1. The molecular weight excluding hydrogens is 268 g/mol. The lowest BCUT2D eigenvalue weighted by atomic mass is 10.1. The highest BCUT2D eigenvalue weighted by atomic mass is 16.5. The van der Waals surface area contributed by atoms with E-state index in [9.17, 15) is 9.59 Å². The third-order valence-corrected chi connectivity index (χ3v) is 2.89. The molecule has 1 N–H and O–H groups in total. The largest absolute Gasteiger partial charge is 0.354 e. The molecule has 1 fully saturated rings. The van der Waals surface area contributed by atoms with Crippen molar-refractivity contribution in [3.63, 3.8) is 0 Å². The van der Waals surface area contributed by atoms with Gasteiger partial charge in [-0.2, -0.15) is 0 Å². The van der Waals surface area contributed by atoms with Crippen molar-refractivity contribution >= 4 is 0 Å². The summed E-state index contributed by atoms with van der Waals surface area (Å²) < 4.78 is 6.74. The lowest BCUT2D eigenvalue weighted by Gasteiger charge is -2.14.